The highest BCUT2D eigenvalue weighted by atomic mass is 32.2. The van der Waals surface area contributed by atoms with Gasteiger partial charge in [-0.05, 0) is 47.6 Å². The van der Waals surface area contributed by atoms with Gasteiger partial charge in [0.2, 0.25) is 0 Å². The molecule has 0 fully saturated rings. The van der Waals surface area contributed by atoms with Gasteiger partial charge in [0.25, 0.3) is 0 Å². The third kappa shape index (κ3) is 6.24. The van der Waals surface area contributed by atoms with Crippen molar-refractivity contribution in [3.63, 3.8) is 0 Å². The van der Waals surface area contributed by atoms with Crippen LogP contribution in [0.15, 0.2) is 24.3 Å². The van der Waals surface area contributed by atoms with Gasteiger partial charge in [0.15, 0.2) is 0 Å². The number of rotatable bonds is 6. The lowest BCUT2D eigenvalue weighted by atomic mass is 9.88. The van der Waals surface area contributed by atoms with E-state index in [1.807, 2.05) is 0 Å². The standard InChI is InChI=1S/C18H27F2NO3S/c1-16(2,3)24-15(22)11-18(12-19,21-25(23)17(4,5)6)13-9-7-8-10-14(13)20/h7-10,21H,11-12H2,1-6H3/t18-,25?/m1/s1. The molecule has 1 aromatic carbocycles. The Labute approximate surface area is 151 Å². The molecule has 0 amide bonds. The first-order chi connectivity index (χ1) is 11.3. The molecule has 0 bridgehead atoms. The van der Waals surface area contributed by atoms with Crippen LogP contribution in [-0.4, -0.2) is 27.5 Å². The summed E-state index contributed by atoms with van der Waals surface area (Å²) < 4.78 is 48.2. The maximum Gasteiger partial charge on any atom is 0.308 e. The van der Waals surface area contributed by atoms with Crippen LogP contribution in [0.5, 0.6) is 0 Å². The minimum atomic E-state index is -1.77. The molecule has 0 aliphatic rings. The highest BCUT2D eigenvalue weighted by molar-refractivity contribution is 7.90. The first kappa shape index (κ1) is 21.9. The van der Waals surface area contributed by atoms with E-state index in [9.17, 15) is 18.1 Å². The molecule has 0 aliphatic carbocycles. The van der Waals surface area contributed by atoms with Crippen LogP contribution in [0, 0.1) is 5.82 Å². The monoisotopic (exact) mass is 375 g/mol. The largest absolute Gasteiger partial charge is 0.598 e. The van der Waals surface area contributed by atoms with Gasteiger partial charge >= 0.3 is 5.97 Å². The van der Waals surface area contributed by atoms with Crippen molar-refractivity contribution < 1.29 is 22.9 Å². The van der Waals surface area contributed by atoms with Gasteiger partial charge in [0.05, 0.1) is 6.42 Å². The number of carbonyl (C=O) groups excluding carboxylic acids is 1. The molecule has 1 unspecified atom stereocenters. The summed E-state index contributed by atoms with van der Waals surface area (Å²) in [5.74, 6) is -1.38. The molecule has 0 aliphatic heterocycles. The Balaban J connectivity index is 3.29. The van der Waals surface area contributed by atoms with Crippen molar-refractivity contribution in [2.75, 3.05) is 6.67 Å². The van der Waals surface area contributed by atoms with E-state index < -0.39 is 52.1 Å². The fourth-order valence-corrected chi connectivity index (χ4v) is 3.03. The fourth-order valence-electron chi connectivity index (χ4n) is 2.14. The molecule has 2 atom stereocenters. The zero-order valence-electron chi connectivity index (χ0n) is 15.6. The normalized spacial score (nSPS) is 16.2. The van der Waals surface area contributed by atoms with Crippen molar-refractivity contribution in [2.24, 2.45) is 0 Å². The zero-order chi connectivity index (χ0) is 19.5. The molecule has 1 N–H and O–H groups in total. The van der Waals surface area contributed by atoms with E-state index in [4.69, 9.17) is 4.74 Å². The van der Waals surface area contributed by atoms with Crippen LogP contribution in [0.4, 0.5) is 8.78 Å². The second-order valence-corrected chi connectivity index (χ2v) is 9.91. The Morgan fingerprint density at radius 3 is 2.20 bits per heavy atom. The minimum Gasteiger partial charge on any atom is -0.598 e. The number of benzene rings is 1. The molecule has 0 radical (unpaired) electrons. The maximum atomic E-state index is 14.3. The van der Waals surface area contributed by atoms with Gasteiger partial charge in [-0.3, -0.25) is 4.79 Å². The first-order valence-electron chi connectivity index (χ1n) is 8.03. The third-order valence-corrected chi connectivity index (χ3v) is 5.02. The van der Waals surface area contributed by atoms with Crippen LogP contribution in [0.2, 0.25) is 0 Å². The lowest BCUT2D eigenvalue weighted by Gasteiger charge is -2.36. The maximum absolute atomic E-state index is 14.3. The first-order valence-corrected chi connectivity index (χ1v) is 9.18. The van der Waals surface area contributed by atoms with Crippen molar-refractivity contribution in [3.05, 3.63) is 35.6 Å². The van der Waals surface area contributed by atoms with Crippen LogP contribution in [-0.2, 0) is 26.4 Å². The molecule has 0 spiro atoms. The summed E-state index contributed by atoms with van der Waals surface area (Å²) in [5.41, 5.74) is -2.59. The summed E-state index contributed by atoms with van der Waals surface area (Å²) in [5, 5.41) is 0. The van der Waals surface area contributed by atoms with Crippen LogP contribution in [0.3, 0.4) is 0 Å². The number of esters is 1. The third-order valence-electron chi connectivity index (χ3n) is 3.33. The summed E-state index contributed by atoms with van der Waals surface area (Å²) in [6, 6.07) is 5.57. The number of carbonyl (C=O) groups is 1. The smallest absolute Gasteiger partial charge is 0.308 e. The molecule has 0 aromatic heterocycles. The second-order valence-electron chi connectivity index (χ2n) is 7.94. The van der Waals surface area contributed by atoms with E-state index in [2.05, 4.69) is 4.72 Å². The molecule has 1 rings (SSSR count). The summed E-state index contributed by atoms with van der Waals surface area (Å²) >= 11 is -1.72. The van der Waals surface area contributed by atoms with E-state index in [-0.39, 0.29) is 5.56 Å². The van der Waals surface area contributed by atoms with Gasteiger partial charge in [0.1, 0.15) is 28.4 Å². The van der Waals surface area contributed by atoms with Gasteiger partial charge in [-0.15, -0.1) is 4.72 Å². The van der Waals surface area contributed by atoms with Crippen molar-refractivity contribution in [1.29, 1.82) is 0 Å². The zero-order valence-corrected chi connectivity index (χ0v) is 16.4. The van der Waals surface area contributed by atoms with Gasteiger partial charge < -0.3 is 9.29 Å². The highest BCUT2D eigenvalue weighted by Crippen LogP contribution is 2.32. The topological polar surface area (TPSA) is 61.4 Å². The number of hydrogen-bond acceptors (Lipinski definition) is 4. The molecule has 1 aromatic rings. The lowest BCUT2D eigenvalue weighted by molar-refractivity contribution is -0.156. The molecule has 0 saturated carbocycles. The Hall–Kier alpha value is -1.18. The van der Waals surface area contributed by atoms with Crippen molar-refractivity contribution in [2.45, 2.75) is 63.9 Å². The lowest BCUT2D eigenvalue weighted by Crippen LogP contribution is -2.54. The van der Waals surface area contributed by atoms with Crippen LogP contribution in [0.25, 0.3) is 0 Å². The molecule has 7 heteroatoms. The number of alkyl halides is 1. The predicted molar refractivity (Wildman–Crippen MR) is 95.5 cm³/mol. The van der Waals surface area contributed by atoms with Crippen molar-refractivity contribution in [3.8, 4) is 0 Å². The van der Waals surface area contributed by atoms with E-state index >= 15 is 0 Å². The van der Waals surface area contributed by atoms with E-state index in [0.717, 1.165) is 0 Å². The van der Waals surface area contributed by atoms with E-state index in [0.29, 0.717) is 0 Å². The van der Waals surface area contributed by atoms with Gasteiger partial charge in [-0.25, -0.2) is 8.78 Å². The number of nitrogens with one attached hydrogen (secondary N) is 1. The van der Waals surface area contributed by atoms with Crippen LogP contribution >= 0.6 is 0 Å². The van der Waals surface area contributed by atoms with Crippen LogP contribution in [0.1, 0.15) is 53.5 Å². The number of hydrogen-bond donors (Lipinski definition) is 1. The predicted octanol–water partition coefficient (Wildman–Crippen LogP) is 3.77. The molecule has 142 valence electrons. The Morgan fingerprint density at radius 2 is 1.76 bits per heavy atom. The number of halogens is 2. The van der Waals surface area contributed by atoms with E-state index in [1.165, 1.54) is 18.2 Å². The summed E-state index contributed by atoms with van der Waals surface area (Å²) in [7, 11) is 0. The fraction of sp³-hybridized carbons (Fsp3) is 0.611. The number of ether oxygens (including phenoxy) is 1. The van der Waals surface area contributed by atoms with Gasteiger partial charge in [-0.1, -0.05) is 18.2 Å². The molecule has 25 heavy (non-hydrogen) atoms. The SMILES string of the molecule is CC(C)(C)OC(=O)C[C@](CF)(N[S+]([O-])C(C)(C)C)c1ccccc1F. The quantitative estimate of drug-likeness (QED) is 0.607. The Kier molecular flexibility index (Phi) is 7.01. The molecular weight excluding hydrogens is 348 g/mol. The minimum absolute atomic E-state index is 0.0547. The molecule has 0 heterocycles. The molecular formula is C18H27F2NO3S. The van der Waals surface area contributed by atoms with E-state index in [1.54, 1.807) is 47.6 Å². The Bertz CT molecular complexity index is 599. The molecule has 4 nitrogen and oxygen atoms in total. The average molecular weight is 375 g/mol. The molecule has 0 saturated heterocycles. The summed E-state index contributed by atoms with van der Waals surface area (Å²) in [6.07, 6.45) is -0.483. The van der Waals surface area contributed by atoms with Crippen molar-refractivity contribution in [1.82, 2.24) is 4.72 Å². The average Bonchev–Trinajstić information content (AvgIpc) is 2.43. The summed E-state index contributed by atoms with van der Waals surface area (Å²) in [4.78, 5) is 12.3. The second kappa shape index (κ2) is 8.01. The van der Waals surface area contributed by atoms with Gasteiger partial charge in [0, 0.05) is 16.9 Å². The van der Waals surface area contributed by atoms with Gasteiger partial charge in [-0.2, -0.15) is 0 Å². The Morgan fingerprint density at radius 1 is 1.20 bits per heavy atom. The van der Waals surface area contributed by atoms with Crippen LogP contribution < -0.4 is 4.72 Å². The summed E-state index contributed by atoms with van der Waals surface area (Å²) in [6.45, 7) is 9.05. The highest BCUT2D eigenvalue weighted by Gasteiger charge is 2.45. The van der Waals surface area contributed by atoms with Crippen molar-refractivity contribution >= 4 is 17.3 Å².